The fourth-order valence-corrected chi connectivity index (χ4v) is 2.69. The lowest BCUT2D eigenvalue weighted by Gasteiger charge is -2.36. The van der Waals surface area contributed by atoms with Crippen LogP contribution in [-0.2, 0) is 21.3 Å². The van der Waals surface area contributed by atoms with Gasteiger partial charge in [0.2, 0.25) is 0 Å². The molecule has 0 aliphatic rings. The minimum atomic E-state index is -4.22. The second kappa shape index (κ2) is 5.85. The smallest absolute Gasteiger partial charge is 0.357 e. The number of hydrogen-bond acceptors (Lipinski definition) is 3. The van der Waals surface area contributed by atoms with Crippen LogP contribution in [0.4, 0.5) is 5.69 Å². The largest absolute Gasteiger partial charge is 0.413 e. The van der Waals surface area contributed by atoms with E-state index in [0.29, 0.717) is 12.3 Å². The van der Waals surface area contributed by atoms with Crippen molar-refractivity contribution in [3.63, 3.8) is 0 Å². The van der Waals surface area contributed by atoms with Gasteiger partial charge in [-0.05, 0) is 35.8 Å². The Bertz CT molecular complexity index is 547. The second-order valence-corrected chi connectivity index (χ2v) is 12.3. The molecule has 0 saturated carbocycles. The van der Waals surface area contributed by atoms with Crippen molar-refractivity contribution in [2.75, 3.05) is 4.72 Å². The first kappa shape index (κ1) is 17.2. The molecule has 0 bridgehead atoms. The van der Waals surface area contributed by atoms with Crippen LogP contribution in [0.2, 0.25) is 18.1 Å². The first-order valence-corrected chi connectivity index (χ1v) is 10.7. The molecule has 7 heteroatoms. The highest BCUT2D eigenvalue weighted by atomic mass is 32.2. The lowest BCUT2D eigenvalue weighted by molar-refractivity contribution is 0.276. The van der Waals surface area contributed by atoms with Gasteiger partial charge in [0, 0.05) is 0 Å². The minimum Gasteiger partial charge on any atom is -0.413 e. The molecular formula is C13H23NO4SSi. The summed E-state index contributed by atoms with van der Waals surface area (Å²) in [4.78, 5) is 0. The first-order valence-electron chi connectivity index (χ1n) is 6.39. The summed E-state index contributed by atoms with van der Waals surface area (Å²) >= 11 is 0. The van der Waals surface area contributed by atoms with Gasteiger partial charge in [-0.1, -0.05) is 32.9 Å². The van der Waals surface area contributed by atoms with Crippen LogP contribution in [0.3, 0.4) is 0 Å². The molecule has 1 aromatic rings. The van der Waals surface area contributed by atoms with Gasteiger partial charge in [-0.25, -0.2) is 0 Å². The van der Waals surface area contributed by atoms with Crippen molar-refractivity contribution >= 4 is 24.3 Å². The van der Waals surface area contributed by atoms with E-state index in [-0.39, 0.29) is 5.04 Å². The highest BCUT2D eigenvalue weighted by molar-refractivity contribution is 7.87. The van der Waals surface area contributed by atoms with E-state index >= 15 is 0 Å². The number of rotatable bonds is 5. The van der Waals surface area contributed by atoms with Crippen molar-refractivity contribution < 1.29 is 17.4 Å². The van der Waals surface area contributed by atoms with Crippen LogP contribution in [0.25, 0.3) is 0 Å². The molecule has 0 aromatic heterocycles. The third-order valence-corrected chi connectivity index (χ3v) is 8.58. The van der Waals surface area contributed by atoms with Crippen molar-refractivity contribution in [1.29, 1.82) is 0 Å². The van der Waals surface area contributed by atoms with Gasteiger partial charge in [-0.3, -0.25) is 9.27 Å². The molecule has 2 N–H and O–H groups in total. The summed E-state index contributed by atoms with van der Waals surface area (Å²) in [6.45, 7) is 11.4. The zero-order valence-corrected chi connectivity index (χ0v) is 14.4. The van der Waals surface area contributed by atoms with E-state index in [2.05, 4.69) is 33.9 Å². The minimum absolute atomic E-state index is 0.152. The molecule has 0 fully saturated rings. The first-order chi connectivity index (χ1) is 8.91. The van der Waals surface area contributed by atoms with Crippen LogP contribution in [-0.4, -0.2) is 21.3 Å². The Kier molecular flexibility index (Phi) is 5.02. The van der Waals surface area contributed by atoms with E-state index in [1.807, 2.05) is 4.72 Å². The summed E-state index contributed by atoms with van der Waals surface area (Å²) in [5.74, 6) is 0. The van der Waals surface area contributed by atoms with E-state index in [9.17, 15) is 8.42 Å². The van der Waals surface area contributed by atoms with E-state index in [1.54, 1.807) is 24.3 Å². The Balaban J connectivity index is 2.68. The summed E-state index contributed by atoms with van der Waals surface area (Å²) in [6, 6.07) is 6.75. The summed E-state index contributed by atoms with van der Waals surface area (Å²) in [5, 5.41) is 0.152. The lowest BCUT2D eigenvalue weighted by atomic mass is 10.2. The molecule has 0 unspecified atom stereocenters. The van der Waals surface area contributed by atoms with Crippen LogP contribution in [0, 0.1) is 0 Å². The Morgan fingerprint density at radius 3 is 2.10 bits per heavy atom. The number of hydrogen-bond donors (Lipinski definition) is 2. The zero-order chi connectivity index (χ0) is 15.6. The van der Waals surface area contributed by atoms with Crippen LogP contribution >= 0.6 is 0 Å². The summed E-state index contributed by atoms with van der Waals surface area (Å²) in [6.07, 6.45) is 0. The fourth-order valence-electron chi connectivity index (χ4n) is 1.30. The molecule has 114 valence electrons. The van der Waals surface area contributed by atoms with Crippen molar-refractivity contribution in [3.05, 3.63) is 29.8 Å². The van der Waals surface area contributed by atoms with Crippen molar-refractivity contribution in [3.8, 4) is 0 Å². The molecular weight excluding hydrogens is 294 g/mol. The zero-order valence-electron chi connectivity index (χ0n) is 12.6. The maximum absolute atomic E-state index is 10.7. The normalized spacial score (nSPS) is 13.3. The van der Waals surface area contributed by atoms with Crippen molar-refractivity contribution in [2.45, 2.75) is 45.5 Å². The van der Waals surface area contributed by atoms with Gasteiger partial charge in [0.25, 0.3) is 0 Å². The third-order valence-electron chi connectivity index (χ3n) is 3.61. The Morgan fingerprint density at radius 2 is 1.70 bits per heavy atom. The van der Waals surface area contributed by atoms with Gasteiger partial charge >= 0.3 is 10.3 Å². The summed E-state index contributed by atoms with van der Waals surface area (Å²) in [5.41, 5.74) is 1.29. The van der Waals surface area contributed by atoms with Gasteiger partial charge in [0.1, 0.15) is 0 Å². The van der Waals surface area contributed by atoms with Gasteiger partial charge in [0.05, 0.1) is 12.3 Å². The molecule has 0 aliphatic heterocycles. The van der Waals surface area contributed by atoms with E-state index in [0.717, 1.165) is 5.56 Å². The van der Waals surface area contributed by atoms with Crippen LogP contribution in [0.5, 0.6) is 0 Å². The lowest BCUT2D eigenvalue weighted by Crippen LogP contribution is -2.40. The fraction of sp³-hybridized carbons (Fsp3) is 0.538. The summed E-state index contributed by atoms with van der Waals surface area (Å²) in [7, 11) is -6.01. The summed E-state index contributed by atoms with van der Waals surface area (Å²) < 4.78 is 38.1. The molecule has 0 spiro atoms. The number of benzene rings is 1. The predicted molar refractivity (Wildman–Crippen MR) is 83.6 cm³/mol. The van der Waals surface area contributed by atoms with Gasteiger partial charge < -0.3 is 4.43 Å². The molecule has 0 amide bonds. The van der Waals surface area contributed by atoms with Gasteiger partial charge in [-0.2, -0.15) is 8.42 Å². The Morgan fingerprint density at radius 1 is 1.20 bits per heavy atom. The Hall–Kier alpha value is -0.893. The SMILES string of the molecule is CC(C)(C)[Si](C)(C)OCc1ccc(NS(=O)(=O)O)cc1. The second-order valence-electron chi connectivity index (χ2n) is 6.32. The Labute approximate surface area is 122 Å². The average Bonchev–Trinajstić information content (AvgIpc) is 2.24. The van der Waals surface area contributed by atoms with E-state index in [4.69, 9.17) is 8.98 Å². The standard InChI is InChI=1S/C13H23NO4SSi/c1-13(2,3)20(4,5)18-10-11-6-8-12(9-7-11)14-19(15,16)17/h6-9,14H,10H2,1-5H3,(H,15,16,17). The molecule has 1 rings (SSSR count). The molecule has 0 heterocycles. The topological polar surface area (TPSA) is 75.6 Å². The average molecular weight is 317 g/mol. The maximum Gasteiger partial charge on any atom is 0.357 e. The van der Waals surface area contributed by atoms with Gasteiger partial charge in [-0.15, -0.1) is 0 Å². The third kappa shape index (κ3) is 5.24. The quantitative estimate of drug-likeness (QED) is 0.644. The van der Waals surface area contributed by atoms with Crippen LogP contribution in [0.15, 0.2) is 24.3 Å². The molecule has 0 atom stereocenters. The molecule has 0 radical (unpaired) electrons. The molecule has 5 nitrogen and oxygen atoms in total. The van der Waals surface area contributed by atoms with Crippen LogP contribution < -0.4 is 4.72 Å². The highest BCUT2D eigenvalue weighted by Crippen LogP contribution is 2.37. The monoisotopic (exact) mass is 317 g/mol. The molecule has 1 aromatic carbocycles. The van der Waals surface area contributed by atoms with Crippen molar-refractivity contribution in [1.82, 2.24) is 0 Å². The number of anilines is 1. The molecule has 0 saturated heterocycles. The highest BCUT2D eigenvalue weighted by Gasteiger charge is 2.36. The van der Waals surface area contributed by atoms with Gasteiger partial charge in [0.15, 0.2) is 8.32 Å². The van der Waals surface area contributed by atoms with E-state index in [1.165, 1.54) is 0 Å². The van der Waals surface area contributed by atoms with Crippen molar-refractivity contribution in [2.24, 2.45) is 0 Å². The van der Waals surface area contributed by atoms with Crippen LogP contribution in [0.1, 0.15) is 26.3 Å². The number of nitrogens with one attached hydrogen (secondary N) is 1. The maximum atomic E-state index is 10.7. The predicted octanol–water partition coefficient (Wildman–Crippen LogP) is 3.42. The molecule has 0 aliphatic carbocycles. The van der Waals surface area contributed by atoms with E-state index < -0.39 is 18.6 Å². The molecule has 20 heavy (non-hydrogen) atoms.